The molecule has 0 bridgehead atoms. The van der Waals surface area contributed by atoms with Gasteiger partial charge in [-0.2, -0.15) is 0 Å². The average Bonchev–Trinajstić information content (AvgIpc) is 3.26. The van der Waals surface area contributed by atoms with Crippen molar-refractivity contribution in [2.75, 3.05) is 13.2 Å². The van der Waals surface area contributed by atoms with Crippen LogP contribution in [0.4, 0.5) is 0 Å². The fraction of sp³-hybridized carbons (Fsp3) is 0.800. The van der Waals surface area contributed by atoms with Crippen LogP contribution >= 0.6 is 0 Å². The summed E-state index contributed by atoms with van der Waals surface area (Å²) in [5.41, 5.74) is 0. The van der Waals surface area contributed by atoms with Crippen LogP contribution in [0.15, 0.2) is 48.6 Å². The SMILES string of the molecule is CCCC/C=C\CCCCCCCC(=O)OCC(COC(=O)CCCCCCCCCCC/C=C\C/C=C\CCCCCCC)OC(=O)CCCCCCC/C=C\CCCC. The molecule has 0 aromatic heterocycles. The molecular formula is C55H98O6. The molecule has 61 heavy (non-hydrogen) atoms. The number of allylic oxidation sites excluding steroid dienone is 8. The quantitative estimate of drug-likeness (QED) is 0.0263. The van der Waals surface area contributed by atoms with E-state index in [1.54, 1.807) is 0 Å². The second-order valence-electron chi connectivity index (χ2n) is 17.4. The maximum Gasteiger partial charge on any atom is 0.306 e. The first-order valence-electron chi connectivity index (χ1n) is 26.1. The lowest BCUT2D eigenvalue weighted by molar-refractivity contribution is -0.167. The summed E-state index contributed by atoms with van der Waals surface area (Å²) in [6.07, 6.45) is 59.6. The molecule has 0 spiro atoms. The van der Waals surface area contributed by atoms with Gasteiger partial charge in [-0.05, 0) is 89.9 Å². The Labute approximate surface area is 378 Å². The van der Waals surface area contributed by atoms with E-state index in [1.165, 1.54) is 141 Å². The van der Waals surface area contributed by atoms with Crippen molar-refractivity contribution in [3.05, 3.63) is 48.6 Å². The second kappa shape index (κ2) is 50.0. The summed E-state index contributed by atoms with van der Waals surface area (Å²) in [7, 11) is 0. The molecule has 0 fully saturated rings. The van der Waals surface area contributed by atoms with Crippen molar-refractivity contribution in [3.8, 4) is 0 Å². The van der Waals surface area contributed by atoms with E-state index in [9.17, 15) is 14.4 Å². The molecule has 0 rings (SSSR count). The molecule has 1 atom stereocenters. The molecule has 0 N–H and O–H groups in total. The molecule has 0 heterocycles. The Hall–Kier alpha value is -2.63. The Balaban J connectivity index is 4.28. The summed E-state index contributed by atoms with van der Waals surface area (Å²) < 4.78 is 16.8. The Bertz CT molecular complexity index is 1070. The summed E-state index contributed by atoms with van der Waals surface area (Å²) in [5, 5.41) is 0. The molecule has 0 aromatic rings. The van der Waals surface area contributed by atoms with Crippen molar-refractivity contribution >= 4 is 17.9 Å². The molecule has 1 unspecified atom stereocenters. The zero-order chi connectivity index (χ0) is 44.4. The van der Waals surface area contributed by atoms with Crippen LogP contribution in [0.5, 0.6) is 0 Å². The van der Waals surface area contributed by atoms with Crippen LogP contribution < -0.4 is 0 Å². The maximum absolute atomic E-state index is 12.7. The molecule has 0 aromatic carbocycles. The lowest BCUT2D eigenvalue weighted by atomic mass is 10.1. The zero-order valence-electron chi connectivity index (χ0n) is 40.4. The predicted molar refractivity (Wildman–Crippen MR) is 261 cm³/mol. The molecule has 0 aliphatic carbocycles. The Morgan fingerprint density at radius 2 is 0.607 bits per heavy atom. The van der Waals surface area contributed by atoms with Gasteiger partial charge in [0, 0.05) is 19.3 Å². The van der Waals surface area contributed by atoms with E-state index in [2.05, 4.69) is 69.4 Å². The molecule has 0 amide bonds. The Morgan fingerprint density at radius 1 is 0.328 bits per heavy atom. The highest BCUT2D eigenvalue weighted by molar-refractivity contribution is 5.71. The number of carbonyl (C=O) groups excluding carboxylic acids is 3. The van der Waals surface area contributed by atoms with Crippen LogP contribution in [0, 0.1) is 0 Å². The van der Waals surface area contributed by atoms with Crippen molar-refractivity contribution in [2.45, 2.75) is 271 Å². The van der Waals surface area contributed by atoms with E-state index in [-0.39, 0.29) is 31.1 Å². The summed E-state index contributed by atoms with van der Waals surface area (Å²) in [6.45, 7) is 6.54. The lowest BCUT2D eigenvalue weighted by Crippen LogP contribution is -2.30. The van der Waals surface area contributed by atoms with E-state index >= 15 is 0 Å². The van der Waals surface area contributed by atoms with Gasteiger partial charge < -0.3 is 14.2 Å². The number of rotatable bonds is 47. The zero-order valence-corrected chi connectivity index (χ0v) is 40.4. The van der Waals surface area contributed by atoms with Crippen molar-refractivity contribution in [2.24, 2.45) is 0 Å². The van der Waals surface area contributed by atoms with Gasteiger partial charge in [-0.25, -0.2) is 0 Å². The van der Waals surface area contributed by atoms with E-state index < -0.39 is 6.10 Å². The van der Waals surface area contributed by atoms with E-state index in [0.29, 0.717) is 19.3 Å². The van der Waals surface area contributed by atoms with Gasteiger partial charge in [0.2, 0.25) is 0 Å². The number of hydrogen-bond acceptors (Lipinski definition) is 6. The van der Waals surface area contributed by atoms with Gasteiger partial charge >= 0.3 is 17.9 Å². The monoisotopic (exact) mass is 855 g/mol. The van der Waals surface area contributed by atoms with Gasteiger partial charge in [0.25, 0.3) is 0 Å². The molecule has 0 saturated heterocycles. The van der Waals surface area contributed by atoms with Gasteiger partial charge in [-0.15, -0.1) is 0 Å². The predicted octanol–water partition coefficient (Wildman–Crippen LogP) is 17.1. The minimum Gasteiger partial charge on any atom is -0.462 e. The highest BCUT2D eigenvalue weighted by Gasteiger charge is 2.19. The Kier molecular flexibility index (Phi) is 47.9. The van der Waals surface area contributed by atoms with Crippen molar-refractivity contribution < 1.29 is 28.6 Å². The average molecular weight is 855 g/mol. The number of esters is 3. The maximum atomic E-state index is 12.7. The molecule has 354 valence electrons. The van der Waals surface area contributed by atoms with Gasteiger partial charge in [0.05, 0.1) is 0 Å². The second-order valence-corrected chi connectivity index (χ2v) is 17.4. The van der Waals surface area contributed by atoms with Gasteiger partial charge in [0.15, 0.2) is 6.10 Å². The highest BCUT2D eigenvalue weighted by Crippen LogP contribution is 2.14. The van der Waals surface area contributed by atoms with Crippen molar-refractivity contribution in [1.82, 2.24) is 0 Å². The molecule has 6 heteroatoms. The third-order valence-electron chi connectivity index (χ3n) is 11.3. The van der Waals surface area contributed by atoms with Crippen LogP contribution in [-0.4, -0.2) is 37.2 Å². The first kappa shape index (κ1) is 58.4. The van der Waals surface area contributed by atoms with Crippen LogP contribution in [0.1, 0.15) is 265 Å². The van der Waals surface area contributed by atoms with Gasteiger partial charge in [-0.1, -0.05) is 204 Å². The number of carbonyl (C=O) groups is 3. The topological polar surface area (TPSA) is 78.9 Å². The first-order chi connectivity index (χ1) is 30.0. The Morgan fingerprint density at radius 3 is 0.967 bits per heavy atom. The van der Waals surface area contributed by atoms with E-state index in [4.69, 9.17) is 14.2 Å². The number of ether oxygens (including phenoxy) is 3. The largest absolute Gasteiger partial charge is 0.462 e. The minimum absolute atomic E-state index is 0.0807. The van der Waals surface area contributed by atoms with Crippen molar-refractivity contribution in [1.29, 1.82) is 0 Å². The van der Waals surface area contributed by atoms with E-state index in [1.807, 2.05) is 0 Å². The van der Waals surface area contributed by atoms with Gasteiger partial charge in [-0.3, -0.25) is 14.4 Å². The first-order valence-corrected chi connectivity index (χ1v) is 26.1. The third-order valence-corrected chi connectivity index (χ3v) is 11.3. The summed E-state index contributed by atoms with van der Waals surface area (Å²) >= 11 is 0. The molecule has 0 aliphatic rings. The minimum atomic E-state index is -0.779. The normalized spacial score (nSPS) is 12.4. The fourth-order valence-electron chi connectivity index (χ4n) is 7.26. The molecular weight excluding hydrogens is 757 g/mol. The smallest absolute Gasteiger partial charge is 0.306 e. The van der Waals surface area contributed by atoms with Crippen LogP contribution in [0.3, 0.4) is 0 Å². The van der Waals surface area contributed by atoms with Crippen LogP contribution in [0.2, 0.25) is 0 Å². The van der Waals surface area contributed by atoms with Crippen LogP contribution in [-0.2, 0) is 28.6 Å². The van der Waals surface area contributed by atoms with Gasteiger partial charge in [0.1, 0.15) is 13.2 Å². The third kappa shape index (κ3) is 48.3. The summed E-state index contributed by atoms with van der Waals surface area (Å²) in [6, 6.07) is 0. The molecule has 0 aliphatic heterocycles. The standard InChI is InChI=1S/C55H98O6/c1-4-7-10-13-16-19-22-23-24-25-26-27-28-29-30-31-34-36-39-42-45-48-54(57)60-51-52(61-55(58)49-46-43-40-37-33-21-18-15-12-9-6-3)50-59-53(56)47-44-41-38-35-32-20-17-14-11-8-5-2/h14-15,17-18,22-23,25-26,52H,4-13,16,19-21,24,27-51H2,1-3H3/b17-14-,18-15-,23-22-,26-25-. The van der Waals surface area contributed by atoms with Crippen molar-refractivity contribution in [3.63, 3.8) is 0 Å². The van der Waals surface area contributed by atoms with Crippen LogP contribution in [0.25, 0.3) is 0 Å². The summed E-state index contributed by atoms with van der Waals surface area (Å²) in [5.74, 6) is -0.900. The number of unbranched alkanes of at least 4 members (excludes halogenated alkanes) is 28. The number of hydrogen-bond donors (Lipinski definition) is 0. The molecule has 0 radical (unpaired) electrons. The molecule has 0 saturated carbocycles. The fourth-order valence-corrected chi connectivity index (χ4v) is 7.26. The van der Waals surface area contributed by atoms with E-state index in [0.717, 1.165) is 83.5 Å². The highest BCUT2D eigenvalue weighted by atomic mass is 16.6. The summed E-state index contributed by atoms with van der Waals surface area (Å²) in [4.78, 5) is 37.9. The molecule has 6 nitrogen and oxygen atoms in total. The lowest BCUT2D eigenvalue weighted by Gasteiger charge is -2.18.